The fourth-order valence-corrected chi connectivity index (χ4v) is 3.92. The third kappa shape index (κ3) is 13.5. The molecule has 0 heterocycles. The van der Waals surface area contributed by atoms with Crippen LogP contribution < -0.4 is 16.6 Å². The van der Waals surface area contributed by atoms with Crippen LogP contribution in [0.2, 0.25) is 0 Å². The average molecular weight is 714 g/mol. The standard InChI is InChI=1S/C18H15F2NO4.C10H10O4.C7H6F2N2O/c1-25-18(24)12-4-2-11(3-5-12)8-14(22)10-21-17(23)15-7-6-13(19)9-16(15)20;1-14-10(13)8-4-2-7(3-5-8)6-9(11)12;8-4-1-2-5(6(9)3-4)7(12)11-10/h2-7,9H,8,10H2,1H3,(H,21,23);2-5H,6H2,1H3,(H,11,12);1-3H,10H2,(H,11,12). The van der Waals surface area contributed by atoms with Crippen LogP contribution in [-0.2, 0) is 31.9 Å². The maximum Gasteiger partial charge on any atom is 0.337 e. The molecule has 4 aromatic carbocycles. The van der Waals surface area contributed by atoms with E-state index in [0.29, 0.717) is 34.4 Å². The minimum Gasteiger partial charge on any atom is -0.481 e. The first-order chi connectivity index (χ1) is 24.2. The number of hydrogen-bond donors (Lipinski definition) is 4. The van der Waals surface area contributed by atoms with Crippen molar-refractivity contribution in [3.8, 4) is 0 Å². The Morgan fingerprint density at radius 3 is 1.41 bits per heavy atom. The molecule has 0 saturated carbocycles. The average Bonchev–Trinajstić information content (AvgIpc) is 3.10. The van der Waals surface area contributed by atoms with Crippen LogP contribution >= 0.6 is 0 Å². The summed E-state index contributed by atoms with van der Waals surface area (Å²) in [6.07, 6.45) is -0.00488. The number of Topliss-reactive ketones (excluding diaryl/α,β-unsaturated/α-hetero) is 1. The van der Waals surface area contributed by atoms with Gasteiger partial charge in [0.15, 0.2) is 5.78 Å². The number of aliphatic carboxylic acids is 1. The number of carboxylic acid groups (broad SMARTS) is 1. The Morgan fingerprint density at radius 2 is 1.04 bits per heavy atom. The lowest BCUT2D eigenvalue weighted by Crippen LogP contribution is -2.31. The number of ether oxygens (including phenoxy) is 2. The van der Waals surface area contributed by atoms with Gasteiger partial charge < -0.3 is 19.9 Å². The highest BCUT2D eigenvalue weighted by Gasteiger charge is 2.14. The summed E-state index contributed by atoms with van der Waals surface area (Å²) in [6.45, 7) is -0.297. The van der Waals surface area contributed by atoms with Gasteiger partial charge in [-0.3, -0.25) is 24.6 Å². The number of hydrogen-bond acceptors (Lipinski definition) is 9. The van der Waals surface area contributed by atoms with Crippen LogP contribution in [-0.4, -0.2) is 61.4 Å². The molecule has 0 saturated heterocycles. The number of ketones is 1. The lowest BCUT2D eigenvalue weighted by atomic mass is 10.1. The minimum absolute atomic E-state index is 0.0353. The lowest BCUT2D eigenvalue weighted by molar-refractivity contribution is -0.136. The Morgan fingerprint density at radius 1 is 0.627 bits per heavy atom. The second kappa shape index (κ2) is 20.2. The highest BCUT2D eigenvalue weighted by atomic mass is 19.1. The summed E-state index contributed by atoms with van der Waals surface area (Å²) < 4.78 is 60.4. The van der Waals surface area contributed by atoms with Gasteiger partial charge in [-0.2, -0.15) is 0 Å². The first-order valence-electron chi connectivity index (χ1n) is 14.5. The van der Waals surface area contributed by atoms with Crippen molar-refractivity contribution in [3.63, 3.8) is 0 Å². The van der Waals surface area contributed by atoms with Crippen molar-refractivity contribution in [1.29, 1.82) is 0 Å². The number of rotatable bonds is 10. The van der Waals surface area contributed by atoms with Gasteiger partial charge in [-0.05, 0) is 59.7 Å². The third-order valence-electron chi connectivity index (χ3n) is 6.44. The van der Waals surface area contributed by atoms with E-state index in [-0.39, 0.29) is 36.3 Å². The Balaban J connectivity index is 0.000000292. The summed E-state index contributed by atoms with van der Waals surface area (Å²) in [6, 6.07) is 17.7. The van der Waals surface area contributed by atoms with Crippen molar-refractivity contribution >= 4 is 35.5 Å². The summed E-state index contributed by atoms with van der Waals surface area (Å²) in [5.41, 5.74) is 3.21. The van der Waals surface area contributed by atoms with Gasteiger partial charge in [-0.15, -0.1) is 0 Å². The molecule has 4 aromatic rings. The number of amides is 2. The predicted octanol–water partition coefficient (Wildman–Crippen LogP) is 3.96. The van der Waals surface area contributed by atoms with E-state index in [1.807, 2.05) is 0 Å². The first-order valence-corrected chi connectivity index (χ1v) is 14.5. The second-order valence-corrected chi connectivity index (χ2v) is 10.1. The zero-order valence-electron chi connectivity index (χ0n) is 27.0. The second-order valence-electron chi connectivity index (χ2n) is 10.1. The SMILES string of the molecule is COC(=O)c1ccc(CC(=O)CNC(=O)c2ccc(F)cc2F)cc1.COC(=O)c1ccc(CC(=O)O)cc1.NNC(=O)c1ccc(F)cc1F. The monoisotopic (exact) mass is 713 g/mol. The summed E-state index contributed by atoms with van der Waals surface area (Å²) in [5.74, 6) is -2.39. The minimum atomic E-state index is -0.997. The molecule has 0 aliphatic carbocycles. The van der Waals surface area contributed by atoms with Crippen molar-refractivity contribution in [2.75, 3.05) is 20.8 Å². The highest BCUT2D eigenvalue weighted by Crippen LogP contribution is 2.11. The van der Waals surface area contributed by atoms with Crippen LogP contribution in [0.25, 0.3) is 0 Å². The molecule has 0 unspecified atom stereocenters. The molecule has 0 aromatic heterocycles. The Labute approximate surface area is 288 Å². The number of carbonyl (C=O) groups excluding carboxylic acids is 5. The number of methoxy groups -OCH3 is 2. The van der Waals surface area contributed by atoms with E-state index in [2.05, 4.69) is 14.8 Å². The van der Waals surface area contributed by atoms with Crippen molar-refractivity contribution in [3.05, 3.63) is 142 Å². The predicted molar refractivity (Wildman–Crippen MR) is 172 cm³/mol. The maximum atomic E-state index is 13.5. The molecule has 0 aliphatic heterocycles. The van der Waals surface area contributed by atoms with E-state index >= 15 is 0 Å². The van der Waals surface area contributed by atoms with Gasteiger partial charge in [0.2, 0.25) is 0 Å². The van der Waals surface area contributed by atoms with Gasteiger partial charge in [0, 0.05) is 18.6 Å². The number of nitrogen functional groups attached to an aromatic ring is 1. The molecule has 4 rings (SSSR count). The van der Waals surface area contributed by atoms with Crippen LogP contribution in [0.1, 0.15) is 52.6 Å². The van der Waals surface area contributed by atoms with Crippen molar-refractivity contribution in [2.24, 2.45) is 5.84 Å². The molecule has 51 heavy (non-hydrogen) atoms. The Hall–Kier alpha value is -6.42. The molecule has 0 atom stereocenters. The molecule has 2 amide bonds. The summed E-state index contributed by atoms with van der Waals surface area (Å²) in [4.78, 5) is 67.1. The molecule has 0 bridgehead atoms. The normalized spacial score (nSPS) is 9.86. The summed E-state index contributed by atoms with van der Waals surface area (Å²) in [5, 5.41) is 10.8. The van der Waals surface area contributed by atoms with Crippen LogP contribution in [0.4, 0.5) is 17.6 Å². The molecule has 0 radical (unpaired) electrons. The van der Waals surface area contributed by atoms with Crippen molar-refractivity contribution in [1.82, 2.24) is 10.7 Å². The number of hydrazine groups is 1. The van der Waals surface area contributed by atoms with Crippen LogP contribution in [0, 0.1) is 23.3 Å². The van der Waals surface area contributed by atoms with Gasteiger partial charge in [0.25, 0.3) is 11.8 Å². The number of esters is 2. The van der Waals surface area contributed by atoms with Crippen LogP contribution in [0.15, 0.2) is 84.9 Å². The smallest absolute Gasteiger partial charge is 0.337 e. The maximum absolute atomic E-state index is 13.5. The van der Waals surface area contributed by atoms with E-state index < -0.39 is 53.0 Å². The molecule has 268 valence electrons. The summed E-state index contributed by atoms with van der Waals surface area (Å²) in [7, 11) is 2.57. The number of nitrogens with one attached hydrogen (secondary N) is 2. The largest absolute Gasteiger partial charge is 0.481 e. The van der Waals surface area contributed by atoms with Gasteiger partial charge in [0.1, 0.15) is 23.3 Å². The molecular weight excluding hydrogens is 682 g/mol. The first kappa shape index (κ1) is 40.8. The van der Waals surface area contributed by atoms with Crippen molar-refractivity contribution in [2.45, 2.75) is 12.8 Å². The molecule has 5 N–H and O–H groups in total. The number of halogens is 4. The molecule has 0 fully saturated rings. The van der Waals surface area contributed by atoms with E-state index in [1.165, 1.54) is 26.4 Å². The van der Waals surface area contributed by atoms with E-state index in [4.69, 9.17) is 10.9 Å². The fraction of sp³-hybridized carbons (Fsp3) is 0.143. The molecule has 0 spiro atoms. The Bertz CT molecular complexity index is 1870. The quantitative estimate of drug-likeness (QED) is 0.0615. The molecular formula is C35H31F4N3O9. The number of carbonyl (C=O) groups is 6. The number of benzene rings is 4. The summed E-state index contributed by atoms with van der Waals surface area (Å²) >= 11 is 0. The third-order valence-corrected chi connectivity index (χ3v) is 6.44. The van der Waals surface area contributed by atoms with Gasteiger partial charge in [-0.1, -0.05) is 24.3 Å². The fourth-order valence-electron chi connectivity index (χ4n) is 3.92. The lowest BCUT2D eigenvalue weighted by Gasteiger charge is -2.06. The van der Waals surface area contributed by atoms with Gasteiger partial charge >= 0.3 is 17.9 Å². The molecule has 12 nitrogen and oxygen atoms in total. The molecule has 16 heteroatoms. The topological polar surface area (TPSA) is 191 Å². The van der Waals surface area contributed by atoms with E-state index in [9.17, 15) is 46.3 Å². The van der Waals surface area contributed by atoms with Crippen molar-refractivity contribution < 1.29 is 60.9 Å². The van der Waals surface area contributed by atoms with Crippen LogP contribution in [0.5, 0.6) is 0 Å². The van der Waals surface area contributed by atoms with Gasteiger partial charge in [0.05, 0.1) is 49.4 Å². The zero-order chi connectivity index (χ0) is 38.1. The zero-order valence-corrected chi connectivity index (χ0v) is 27.0. The van der Waals surface area contributed by atoms with Gasteiger partial charge in [-0.25, -0.2) is 33.0 Å². The van der Waals surface area contributed by atoms with Crippen LogP contribution in [0.3, 0.4) is 0 Å². The van der Waals surface area contributed by atoms with E-state index in [1.54, 1.807) is 41.8 Å². The number of carboxylic acids is 1. The molecule has 0 aliphatic rings. The highest BCUT2D eigenvalue weighted by molar-refractivity contribution is 5.97. The van der Waals surface area contributed by atoms with E-state index in [0.717, 1.165) is 24.3 Å². The Kier molecular flexibility index (Phi) is 16.1. The number of nitrogens with two attached hydrogens (primary N) is 1.